The van der Waals surface area contributed by atoms with E-state index in [1.165, 1.54) is 95.3 Å². The van der Waals surface area contributed by atoms with Gasteiger partial charge in [-0.05, 0) is 110 Å². The van der Waals surface area contributed by atoms with Gasteiger partial charge in [-0.3, -0.25) is 0 Å². The van der Waals surface area contributed by atoms with Crippen molar-refractivity contribution in [1.82, 2.24) is 0 Å². The maximum Gasteiger partial charge on any atom is 0.0555 e. The Balaban J connectivity index is 1.11. The first kappa shape index (κ1) is 34.0. The summed E-state index contributed by atoms with van der Waals surface area (Å²) in [7, 11) is 0. The summed E-state index contributed by atoms with van der Waals surface area (Å²) in [4.78, 5) is 2.51. The van der Waals surface area contributed by atoms with Crippen LogP contribution in [0.2, 0.25) is 0 Å². The van der Waals surface area contributed by atoms with E-state index in [2.05, 4.69) is 217 Å². The maximum atomic E-state index is 2.51. The highest BCUT2D eigenvalue weighted by atomic mass is 32.1. The molecule has 0 radical (unpaired) electrons. The molecule has 10 aromatic carbocycles. The van der Waals surface area contributed by atoms with E-state index in [1.807, 2.05) is 22.7 Å². The first-order valence-corrected chi connectivity index (χ1v) is 21.7. The van der Waals surface area contributed by atoms with Crippen LogP contribution in [0.4, 0.5) is 17.1 Å². The Morgan fingerprint density at radius 1 is 0.288 bits per heavy atom. The third kappa shape index (κ3) is 5.66. The predicted octanol–water partition coefficient (Wildman–Crippen LogP) is 17.2. The average molecular weight is 786 g/mol. The Hall–Kier alpha value is -7.04. The van der Waals surface area contributed by atoms with Gasteiger partial charge in [0.15, 0.2) is 0 Å². The highest BCUT2D eigenvalue weighted by Crippen LogP contribution is 2.49. The molecule has 2 aromatic heterocycles. The topological polar surface area (TPSA) is 3.24 Å². The molecule has 0 saturated heterocycles. The molecule has 0 bridgehead atoms. The quantitative estimate of drug-likeness (QED) is 0.152. The molecule has 2 heterocycles. The van der Waals surface area contributed by atoms with E-state index in [0.717, 1.165) is 17.1 Å². The molecule has 3 heteroatoms. The maximum absolute atomic E-state index is 2.51. The van der Waals surface area contributed by atoms with Gasteiger partial charge in [-0.1, -0.05) is 152 Å². The summed E-state index contributed by atoms with van der Waals surface area (Å²) in [6, 6.07) is 78.4. The lowest BCUT2D eigenvalue weighted by Crippen LogP contribution is -2.12. The van der Waals surface area contributed by atoms with Crippen LogP contribution in [0.25, 0.3) is 95.3 Å². The molecule has 0 spiro atoms. The highest BCUT2D eigenvalue weighted by molar-refractivity contribution is 7.26. The second-order valence-corrected chi connectivity index (χ2v) is 17.4. The van der Waals surface area contributed by atoms with Gasteiger partial charge in [0.05, 0.1) is 11.4 Å². The second kappa shape index (κ2) is 13.8. The van der Waals surface area contributed by atoms with E-state index in [0.29, 0.717) is 0 Å². The van der Waals surface area contributed by atoms with Crippen LogP contribution in [0.1, 0.15) is 0 Å². The highest BCUT2D eigenvalue weighted by Gasteiger charge is 2.23. The molecule has 1 nitrogen and oxygen atoms in total. The van der Waals surface area contributed by atoms with Crippen molar-refractivity contribution < 1.29 is 0 Å². The zero-order valence-electron chi connectivity index (χ0n) is 32.0. The lowest BCUT2D eigenvalue weighted by Gasteiger charge is -2.29. The molecule has 59 heavy (non-hydrogen) atoms. The summed E-state index contributed by atoms with van der Waals surface area (Å²) >= 11 is 3.73. The molecule has 0 N–H and O–H groups in total. The zero-order valence-corrected chi connectivity index (χ0v) is 33.6. The lowest BCUT2D eigenvalue weighted by atomic mass is 9.91. The number of anilines is 3. The summed E-state index contributed by atoms with van der Waals surface area (Å²) in [5.74, 6) is 0. The number of rotatable bonds is 6. The third-order valence-electron chi connectivity index (χ3n) is 11.9. The number of hydrogen-bond donors (Lipinski definition) is 0. The van der Waals surface area contributed by atoms with Crippen molar-refractivity contribution in [1.29, 1.82) is 0 Å². The van der Waals surface area contributed by atoms with Crippen LogP contribution in [0, 0.1) is 0 Å². The van der Waals surface area contributed by atoms with E-state index < -0.39 is 0 Å². The molecule has 0 amide bonds. The normalized spacial score (nSPS) is 11.7. The minimum atomic E-state index is 1.11. The number of fused-ring (bicyclic) bond motifs is 9. The molecule has 0 saturated carbocycles. The Morgan fingerprint density at radius 3 is 1.73 bits per heavy atom. The third-order valence-corrected chi connectivity index (χ3v) is 14.1. The van der Waals surface area contributed by atoms with Crippen LogP contribution in [0.5, 0.6) is 0 Å². The second-order valence-electron chi connectivity index (χ2n) is 15.2. The SMILES string of the molecule is c1ccc(-c2ccc(-c3cc4ccccc4c4ccccc34)cc2N(c2ccc(-c3ccc4sc5ccccc5c4c3)cc2)c2cccc3sc4ccccc4c23)cc1. The van der Waals surface area contributed by atoms with Crippen molar-refractivity contribution in [3.8, 4) is 33.4 Å². The van der Waals surface area contributed by atoms with E-state index in [4.69, 9.17) is 0 Å². The fourth-order valence-electron chi connectivity index (χ4n) is 9.10. The molecule has 0 aliphatic rings. The van der Waals surface area contributed by atoms with E-state index >= 15 is 0 Å². The van der Waals surface area contributed by atoms with Crippen molar-refractivity contribution in [3.05, 3.63) is 212 Å². The number of benzene rings is 10. The van der Waals surface area contributed by atoms with Gasteiger partial charge >= 0.3 is 0 Å². The zero-order chi connectivity index (χ0) is 38.9. The molecule has 12 rings (SSSR count). The lowest BCUT2D eigenvalue weighted by molar-refractivity contribution is 1.30. The summed E-state index contributed by atoms with van der Waals surface area (Å²) in [6.07, 6.45) is 0. The van der Waals surface area contributed by atoms with Crippen molar-refractivity contribution in [2.45, 2.75) is 0 Å². The predicted molar refractivity (Wildman–Crippen MR) is 258 cm³/mol. The fourth-order valence-corrected chi connectivity index (χ4v) is 11.3. The Kier molecular flexibility index (Phi) is 7.97. The molecule has 0 fully saturated rings. The van der Waals surface area contributed by atoms with E-state index in [9.17, 15) is 0 Å². The molecule has 12 aromatic rings. The molecule has 276 valence electrons. The average Bonchev–Trinajstić information content (AvgIpc) is 3.88. The Labute approximate surface area is 350 Å². The van der Waals surface area contributed by atoms with Crippen LogP contribution in [0.15, 0.2) is 212 Å². The van der Waals surface area contributed by atoms with Crippen molar-refractivity contribution >= 4 is 102 Å². The monoisotopic (exact) mass is 785 g/mol. The minimum absolute atomic E-state index is 1.11. The van der Waals surface area contributed by atoms with Crippen LogP contribution >= 0.6 is 22.7 Å². The Bertz CT molecular complexity index is 3560. The Morgan fingerprint density at radius 2 is 0.898 bits per heavy atom. The smallest absolute Gasteiger partial charge is 0.0555 e. The number of hydrogen-bond acceptors (Lipinski definition) is 3. The van der Waals surface area contributed by atoms with Crippen molar-refractivity contribution in [2.24, 2.45) is 0 Å². The largest absolute Gasteiger partial charge is 0.309 e. The standard InChI is InChI=1S/C56H35NS2/c1-2-13-37(14-3-1)43-31-27-40(48-34-39-15-4-5-16-42(39)44-17-6-7-18-45(44)48)35-51(43)57(50-21-12-24-55-56(50)47-20-9-11-23-53(47)59-55)41-29-25-36(26-30-41)38-28-32-54-49(33-38)46-19-8-10-22-52(46)58-54/h1-35H. The van der Waals surface area contributed by atoms with Crippen LogP contribution in [0.3, 0.4) is 0 Å². The molecular formula is C56H35NS2. The fraction of sp³-hybridized carbons (Fsp3) is 0. The van der Waals surface area contributed by atoms with Crippen molar-refractivity contribution in [3.63, 3.8) is 0 Å². The molecule has 0 unspecified atom stereocenters. The molecular weight excluding hydrogens is 751 g/mol. The summed E-state index contributed by atoms with van der Waals surface area (Å²) in [5.41, 5.74) is 10.6. The molecule has 0 atom stereocenters. The van der Waals surface area contributed by atoms with E-state index in [-0.39, 0.29) is 0 Å². The minimum Gasteiger partial charge on any atom is -0.309 e. The van der Waals surface area contributed by atoms with Gasteiger partial charge in [-0.25, -0.2) is 0 Å². The first-order valence-electron chi connectivity index (χ1n) is 20.1. The van der Waals surface area contributed by atoms with Gasteiger partial charge in [-0.15, -0.1) is 22.7 Å². The molecule has 0 aliphatic heterocycles. The summed E-state index contributed by atoms with van der Waals surface area (Å²) in [5, 5.41) is 10.2. The number of nitrogens with zero attached hydrogens (tertiary/aromatic N) is 1. The van der Waals surface area contributed by atoms with Crippen LogP contribution < -0.4 is 4.90 Å². The van der Waals surface area contributed by atoms with Crippen LogP contribution in [-0.4, -0.2) is 0 Å². The van der Waals surface area contributed by atoms with Gasteiger partial charge < -0.3 is 4.90 Å². The first-order chi connectivity index (χ1) is 29.2. The van der Waals surface area contributed by atoms with Crippen molar-refractivity contribution in [2.75, 3.05) is 4.90 Å². The summed E-state index contributed by atoms with van der Waals surface area (Å²) in [6.45, 7) is 0. The van der Waals surface area contributed by atoms with Gasteiger partial charge in [0.1, 0.15) is 0 Å². The van der Waals surface area contributed by atoms with Gasteiger partial charge in [-0.2, -0.15) is 0 Å². The van der Waals surface area contributed by atoms with Crippen LogP contribution in [-0.2, 0) is 0 Å². The van der Waals surface area contributed by atoms with Gasteiger partial charge in [0.25, 0.3) is 0 Å². The van der Waals surface area contributed by atoms with E-state index in [1.54, 1.807) is 0 Å². The molecule has 0 aliphatic carbocycles. The number of thiophene rings is 2. The van der Waals surface area contributed by atoms with Gasteiger partial charge in [0.2, 0.25) is 0 Å². The van der Waals surface area contributed by atoms with Gasteiger partial charge in [0, 0.05) is 51.6 Å². The summed E-state index contributed by atoms with van der Waals surface area (Å²) < 4.78 is 5.22.